The zero-order chi connectivity index (χ0) is 35.9. The number of carbonyl (C=O) groups excluding carboxylic acids is 1. The Kier molecular flexibility index (Phi) is 11.7. The summed E-state index contributed by atoms with van der Waals surface area (Å²) in [6, 6.07) is 49.0. The molecule has 0 unspecified atom stereocenters. The topological polar surface area (TPSA) is 88.9 Å². The molecule has 261 valence electrons. The van der Waals surface area contributed by atoms with Crippen LogP contribution < -0.4 is 0 Å². The van der Waals surface area contributed by atoms with Gasteiger partial charge >= 0.3 is 0 Å². The molecule has 0 amide bonds. The van der Waals surface area contributed by atoms with E-state index in [2.05, 4.69) is 123 Å². The van der Waals surface area contributed by atoms with E-state index in [1.54, 1.807) is 6.33 Å². The number of rotatable bonds is 4. The minimum Gasteiger partial charge on any atom is -0.512 e. The van der Waals surface area contributed by atoms with Crippen LogP contribution in [0, 0.1) is 6.07 Å². The van der Waals surface area contributed by atoms with Gasteiger partial charge in [-0.3, -0.25) is 19.7 Å². The Bertz CT molecular complexity index is 2440. The van der Waals surface area contributed by atoms with Gasteiger partial charge in [0, 0.05) is 54.9 Å². The van der Waals surface area contributed by atoms with Gasteiger partial charge < -0.3 is 5.11 Å². The molecule has 0 saturated heterocycles. The molecule has 3 heterocycles. The molecule has 6 nitrogen and oxygen atoms in total. The Balaban J connectivity index is 0.000000156. The number of aromatic nitrogens is 4. The molecular formula is C46H35IrN4O2-. The largest absolute Gasteiger partial charge is 0.512 e. The number of allylic oxidation sites excluding steroid dienone is 2. The number of nitrogens with zero attached hydrogens (tertiary/aromatic N) is 4. The van der Waals surface area contributed by atoms with Gasteiger partial charge in [0.1, 0.15) is 6.33 Å². The molecule has 8 aromatic rings. The molecular weight excluding hydrogens is 833 g/mol. The van der Waals surface area contributed by atoms with Gasteiger partial charge in [0.05, 0.1) is 22.5 Å². The van der Waals surface area contributed by atoms with Crippen molar-refractivity contribution >= 4 is 27.6 Å². The number of pyridine rings is 2. The van der Waals surface area contributed by atoms with Crippen molar-refractivity contribution < 1.29 is 30.0 Å². The fourth-order valence-corrected chi connectivity index (χ4v) is 6.54. The van der Waals surface area contributed by atoms with E-state index in [0.29, 0.717) is 0 Å². The summed E-state index contributed by atoms with van der Waals surface area (Å²) < 4.78 is 0. The zero-order valence-corrected chi connectivity index (χ0v) is 31.6. The van der Waals surface area contributed by atoms with Crippen LogP contribution in [0.15, 0.2) is 164 Å². The first-order valence-electron chi connectivity index (χ1n) is 17.0. The summed E-state index contributed by atoms with van der Waals surface area (Å²) >= 11 is 0. The fourth-order valence-electron chi connectivity index (χ4n) is 6.54. The Morgan fingerprint density at radius 3 is 1.70 bits per heavy atom. The molecule has 1 aliphatic carbocycles. The molecule has 9 rings (SSSR count). The number of aliphatic hydroxyl groups excluding tert-OH is 1. The maximum Gasteiger partial charge on any atom is 0.155 e. The van der Waals surface area contributed by atoms with Gasteiger partial charge in [-0.1, -0.05) is 97.1 Å². The van der Waals surface area contributed by atoms with Gasteiger partial charge in [-0.15, -0.1) is 35.9 Å². The Labute approximate surface area is 322 Å². The number of fused-ring (bicyclic) bond motifs is 6. The SMILES string of the molecule is CC(=O)C=C(C)O.[Ir].[c-]1ccccc1-c1ncnc2c1Cc1ccccc1-2.c1ccc(-c2ccnc3c2ccc2c(-c4ccccc4)ccnc23)cc1. The maximum atomic E-state index is 10.0. The zero-order valence-electron chi connectivity index (χ0n) is 29.2. The third-order valence-electron chi connectivity index (χ3n) is 8.75. The summed E-state index contributed by atoms with van der Waals surface area (Å²) in [6.45, 7) is 2.85. The summed E-state index contributed by atoms with van der Waals surface area (Å²) in [5.74, 6) is -0.0625. The van der Waals surface area contributed by atoms with Crippen LogP contribution in [0.5, 0.6) is 0 Å². The van der Waals surface area contributed by atoms with E-state index in [1.807, 2.05) is 48.8 Å². The molecule has 7 heteroatoms. The van der Waals surface area contributed by atoms with Crippen LogP contribution >= 0.6 is 0 Å². The Morgan fingerprint density at radius 1 is 0.623 bits per heavy atom. The standard InChI is InChI=1S/C24H16N2.C17H11N2.C5H8O2.Ir/c1-3-7-17(8-4-1)19-13-15-25-23-21(19)11-12-22-20(14-16-26-24(22)23)18-9-5-2-6-10-18;1-2-6-12(7-3-1)16-15-10-13-8-4-5-9-14(13)17(15)19-11-18-16;1-4(6)3-5(2)7;/h1-16H;1-6,8-9,11H,10H2;3,6H,1-2H3;/q;-1;;. The average Bonchev–Trinajstić information content (AvgIpc) is 3.57. The first-order valence-corrected chi connectivity index (χ1v) is 17.0. The number of benzene rings is 5. The van der Waals surface area contributed by atoms with E-state index < -0.39 is 0 Å². The van der Waals surface area contributed by atoms with E-state index in [9.17, 15) is 4.79 Å². The number of ketones is 1. The van der Waals surface area contributed by atoms with E-state index in [-0.39, 0.29) is 31.6 Å². The Hall–Kier alpha value is -6.14. The summed E-state index contributed by atoms with van der Waals surface area (Å²) in [4.78, 5) is 28.3. The second-order valence-corrected chi connectivity index (χ2v) is 12.4. The summed E-state index contributed by atoms with van der Waals surface area (Å²) in [5, 5.41) is 10.6. The quantitative estimate of drug-likeness (QED) is 0.0820. The van der Waals surface area contributed by atoms with Gasteiger partial charge in [-0.25, -0.2) is 4.98 Å². The molecule has 0 fully saturated rings. The Morgan fingerprint density at radius 2 is 1.17 bits per heavy atom. The van der Waals surface area contributed by atoms with Gasteiger partial charge in [0.25, 0.3) is 0 Å². The first-order chi connectivity index (χ1) is 25.5. The summed E-state index contributed by atoms with van der Waals surface area (Å²) in [6.07, 6.45) is 7.48. The monoisotopic (exact) mass is 868 g/mol. The second-order valence-electron chi connectivity index (χ2n) is 12.4. The second kappa shape index (κ2) is 16.9. The molecule has 0 atom stereocenters. The van der Waals surface area contributed by atoms with E-state index in [4.69, 9.17) is 5.11 Å². The number of hydrogen-bond acceptors (Lipinski definition) is 6. The van der Waals surface area contributed by atoms with Crippen molar-refractivity contribution in [3.05, 3.63) is 181 Å². The number of aliphatic hydroxyl groups is 1. The molecule has 5 aromatic carbocycles. The molecule has 53 heavy (non-hydrogen) atoms. The van der Waals surface area contributed by atoms with Crippen LogP contribution in [0.25, 0.3) is 66.6 Å². The van der Waals surface area contributed by atoms with E-state index in [1.165, 1.54) is 58.9 Å². The fraction of sp³-hybridized carbons (Fsp3) is 0.0652. The van der Waals surface area contributed by atoms with Crippen molar-refractivity contribution in [3.63, 3.8) is 0 Å². The van der Waals surface area contributed by atoms with Crippen LogP contribution in [0.4, 0.5) is 0 Å². The van der Waals surface area contributed by atoms with Crippen LogP contribution in [0.2, 0.25) is 0 Å². The van der Waals surface area contributed by atoms with Crippen molar-refractivity contribution in [2.75, 3.05) is 0 Å². The van der Waals surface area contributed by atoms with E-state index >= 15 is 0 Å². The van der Waals surface area contributed by atoms with Crippen LogP contribution in [-0.2, 0) is 31.3 Å². The third-order valence-corrected chi connectivity index (χ3v) is 8.75. The van der Waals surface area contributed by atoms with E-state index in [0.717, 1.165) is 45.2 Å². The molecule has 3 aromatic heterocycles. The number of hydrogen-bond donors (Lipinski definition) is 1. The molecule has 0 spiro atoms. The van der Waals surface area contributed by atoms with Crippen molar-refractivity contribution in [1.82, 2.24) is 19.9 Å². The first kappa shape index (κ1) is 36.6. The van der Waals surface area contributed by atoms with Crippen LogP contribution in [-0.4, -0.2) is 30.8 Å². The maximum absolute atomic E-state index is 10.0. The number of carbonyl (C=O) groups is 1. The van der Waals surface area contributed by atoms with Gasteiger partial charge in [-0.2, -0.15) is 0 Å². The average molecular weight is 868 g/mol. The predicted octanol–water partition coefficient (Wildman–Crippen LogP) is 10.7. The predicted molar refractivity (Wildman–Crippen MR) is 210 cm³/mol. The molecule has 0 bridgehead atoms. The van der Waals surface area contributed by atoms with Crippen LogP contribution in [0.1, 0.15) is 25.0 Å². The molecule has 1 aliphatic rings. The minimum absolute atomic E-state index is 0. The third kappa shape index (κ3) is 8.18. The molecule has 0 aliphatic heterocycles. The molecule has 0 saturated carbocycles. The molecule has 1 N–H and O–H groups in total. The van der Waals surface area contributed by atoms with Crippen LogP contribution in [0.3, 0.4) is 0 Å². The smallest absolute Gasteiger partial charge is 0.155 e. The minimum atomic E-state index is -0.125. The van der Waals surface area contributed by atoms with Crippen molar-refractivity contribution in [3.8, 4) is 44.8 Å². The molecule has 1 radical (unpaired) electrons. The van der Waals surface area contributed by atoms with Gasteiger partial charge in [-0.05, 0) is 71.5 Å². The summed E-state index contributed by atoms with van der Waals surface area (Å²) in [7, 11) is 0. The van der Waals surface area contributed by atoms with Crippen molar-refractivity contribution in [1.29, 1.82) is 0 Å². The van der Waals surface area contributed by atoms with Crippen molar-refractivity contribution in [2.45, 2.75) is 20.3 Å². The van der Waals surface area contributed by atoms with Gasteiger partial charge in [0.15, 0.2) is 5.78 Å². The van der Waals surface area contributed by atoms with Crippen molar-refractivity contribution in [2.24, 2.45) is 0 Å². The normalized spacial score (nSPS) is 11.2. The summed E-state index contributed by atoms with van der Waals surface area (Å²) in [5.41, 5.74) is 13.5. The van der Waals surface area contributed by atoms with Gasteiger partial charge in [0.2, 0.25) is 0 Å².